The minimum Gasteiger partial charge on any atom is -0.394 e. The second-order valence-electron chi connectivity index (χ2n) is 7.31. The van der Waals surface area contributed by atoms with E-state index in [1.165, 1.54) is 18.2 Å². The molecule has 2 saturated heterocycles. The molecule has 2 heterocycles. The van der Waals surface area contributed by atoms with Crippen molar-refractivity contribution in [3.8, 4) is 0 Å². The Labute approximate surface area is 187 Å². The molecule has 10 atom stereocenters. The number of hydrogen-bond acceptors (Lipinski definition) is 11. The van der Waals surface area contributed by atoms with E-state index < -0.39 is 74.6 Å². The van der Waals surface area contributed by atoms with Crippen LogP contribution in [0.4, 0.5) is 0 Å². The van der Waals surface area contributed by atoms with Crippen LogP contribution >= 0.6 is 0 Å². The highest BCUT2D eigenvalue weighted by molar-refractivity contribution is 4.96. The predicted molar refractivity (Wildman–Crippen MR) is 110 cm³/mol. The molecule has 0 aromatic rings. The Hall–Kier alpha value is -1.22. The van der Waals surface area contributed by atoms with Gasteiger partial charge in [0.2, 0.25) is 0 Å². The van der Waals surface area contributed by atoms with E-state index in [1.54, 1.807) is 0 Å². The van der Waals surface area contributed by atoms with Gasteiger partial charge in [0.05, 0.1) is 33.0 Å². The monoisotopic (exact) mass is 462 g/mol. The molecule has 0 bridgehead atoms. The molecule has 0 saturated carbocycles. The summed E-state index contributed by atoms with van der Waals surface area (Å²) >= 11 is 0. The third-order valence-electron chi connectivity index (χ3n) is 5.12. The predicted octanol–water partition coefficient (Wildman–Crippen LogP) is -1.77. The van der Waals surface area contributed by atoms with Crippen molar-refractivity contribution in [1.82, 2.24) is 0 Å². The molecule has 32 heavy (non-hydrogen) atoms. The van der Waals surface area contributed by atoms with Crippen molar-refractivity contribution in [1.29, 1.82) is 0 Å². The summed E-state index contributed by atoms with van der Waals surface area (Å²) < 4.78 is 34.1. The van der Waals surface area contributed by atoms with Gasteiger partial charge in [0, 0.05) is 0 Å². The zero-order chi connectivity index (χ0) is 23.7. The Kier molecular flexibility index (Phi) is 11.4. The largest absolute Gasteiger partial charge is 0.394 e. The quantitative estimate of drug-likeness (QED) is 0.197. The molecule has 0 aliphatic carbocycles. The lowest BCUT2D eigenvalue weighted by Crippen LogP contribution is -2.65. The van der Waals surface area contributed by atoms with Crippen LogP contribution < -0.4 is 0 Å². The first-order valence-corrected chi connectivity index (χ1v) is 10.3. The number of rotatable bonds is 13. The van der Waals surface area contributed by atoms with Gasteiger partial charge in [-0.15, -0.1) is 19.7 Å². The lowest BCUT2D eigenvalue weighted by Gasteiger charge is -2.47. The molecule has 2 rings (SSSR count). The number of ether oxygens (including phenoxy) is 6. The summed E-state index contributed by atoms with van der Waals surface area (Å²) in [5, 5.41) is 50.5. The van der Waals surface area contributed by atoms with Gasteiger partial charge in [-0.05, 0) is 0 Å². The van der Waals surface area contributed by atoms with Gasteiger partial charge >= 0.3 is 0 Å². The van der Waals surface area contributed by atoms with Crippen molar-refractivity contribution in [3.05, 3.63) is 38.0 Å². The smallest absolute Gasteiger partial charge is 0.187 e. The standard InChI is InChI=1S/C21H34O11/c1-4-7-27-17-15(25)14(24)12(10-22)31-21(17)32-16-13(11-23)30-20(26)19(29-9-6-3)18(16)28-8-5-2/h4-6,12-26H,1-3,7-11H2/t12-,13-,14+,15+,16-,17-,18+,19-,20?,21+/m1/s1. The molecule has 0 aromatic carbocycles. The Morgan fingerprint density at radius 3 is 1.72 bits per heavy atom. The first-order valence-electron chi connectivity index (χ1n) is 10.3. The van der Waals surface area contributed by atoms with E-state index >= 15 is 0 Å². The Morgan fingerprint density at radius 1 is 0.656 bits per heavy atom. The van der Waals surface area contributed by atoms with Gasteiger partial charge in [-0.1, -0.05) is 18.2 Å². The van der Waals surface area contributed by atoms with Crippen molar-refractivity contribution < 1.29 is 54.0 Å². The van der Waals surface area contributed by atoms with Crippen LogP contribution in [0.5, 0.6) is 0 Å². The molecule has 5 N–H and O–H groups in total. The fraction of sp³-hybridized carbons (Fsp3) is 0.714. The minimum atomic E-state index is -1.45. The summed E-state index contributed by atoms with van der Waals surface area (Å²) in [4.78, 5) is 0. The summed E-state index contributed by atoms with van der Waals surface area (Å²) in [6.07, 6.45) is -7.56. The molecule has 11 nitrogen and oxygen atoms in total. The first-order chi connectivity index (χ1) is 15.4. The van der Waals surface area contributed by atoms with Crippen molar-refractivity contribution in [2.45, 2.75) is 61.4 Å². The van der Waals surface area contributed by atoms with Gasteiger partial charge in [0.25, 0.3) is 0 Å². The molecule has 0 aromatic heterocycles. The molecule has 0 amide bonds. The molecule has 2 aliphatic heterocycles. The van der Waals surface area contributed by atoms with E-state index in [-0.39, 0.29) is 19.8 Å². The van der Waals surface area contributed by atoms with Crippen LogP contribution in [0, 0.1) is 0 Å². The van der Waals surface area contributed by atoms with E-state index in [9.17, 15) is 25.5 Å². The van der Waals surface area contributed by atoms with Gasteiger partial charge in [-0.2, -0.15) is 0 Å². The number of aliphatic hydroxyl groups excluding tert-OH is 5. The second-order valence-corrected chi connectivity index (χ2v) is 7.31. The number of aliphatic hydroxyl groups is 5. The summed E-state index contributed by atoms with van der Waals surface area (Å²) in [5.41, 5.74) is 0. The molecule has 0 spiro atoms. The average molecular weight is 462 g/mol. The maximum atomic E-state index is 10.5. The fourth-order valence-corrected chi connectivity index (χ4v) is 3.61. The van der Waals surface area contributed by atoms with Crippen LogP contribution in [-0.4, -0.2) is 120 Å². The lowest BCUT2D eigenvalue weighted by atomic mass is 9.96. The van der Waals surface area contributed by atoms with E-state index in [2.05, 4.69) is 19.7 Å². The first kappa shape index (κ1) is 27.0. The van der Waals surface area contributed by atoms with Crippen LogP contribution in [0.15, 0.2) is 38.0 Å². The summed E-state index contributed by atoms with van der Waals surface area (Å²) in [6.45, 7) is 9.79. The fourth-order valence-electron chi connectivity index (χ4n) is 3.61. The van der Waals surface area contributed by atoms with E-state index in [4.69, 9.17) is 28.4 Å². The topological polar surface area (TPSA) is 157 Å². The lowest BCUT2D eigenvalue weighted by molar-refractivity contribution is -0.363. The summed E-state index contributed by atoms with van der Waals surface area (Å²) in [6, 6.07) is 0. The molecular formula is C21H34O11. The zero-order valence-corrected chi connectivity index (χ0v) is 17.8. The maximum Gasteiger partial charge on any atom is 0.187 e. The van der Waals surface area contributed by atoms with Crippen molar-refractivity contribution in [2.24, 2.45) is 0 Å². The maximum absolute atomic E-state index is 10.5. The van der Waals surface area contributed by atoms with Crippen molar-refractivity contribution in [3.63, 3.8) is 0 Å². The SMILES string of the molecule is C=CCO[C@H]1[C@H](O[C@H]2[C@H](OCC=C)[C@@H](OCC=C)C(O)O[C@@H]2CO)O[C@H](CO)[C@H](O)[C@@H]1O. The molecule has 0 radical (unpaired) electrons. The highest BCUT2D eigenvalue weighted by Crippen LogP contribution is 2.32. The van der Waals surface area contributed by atoms with Crippen LogP contribution in [0.25, 0.3) is 0 Å². The normalized spacial score (nSPS) is 40.0. The third-order valence-corrected chi connectivity index (χ3v) is 5.12. The third kappa shape index (κ3) is 6.43. The van der Waals surface area contributed by atoms with E-state index in [1.807, 2.05) is 0 Å². The number of hydrogen-bond donors (Lipinski definition) is 5. The van der Waals surface area contributed by atoms with Gasteiger partial charge in [0.15, 0.2) is 12.6 Å². The minimum absolute atomic E-state index is 0.0201. The highest BCUT2D eigenvalue weighted by Gasteiger charge is 2.52. The zero-order valence-electron chi connectivity index (χ0n) is 17.8. The van der Waals surface area contributed by atoms with Crippen LogP contribution in [0.3, 0.4) is 0 Å². The molecule has 2 aliphatic rings. The summed E-state index contributed by atoms with van der Waals surface area (Å²) in [5.74, 6) is 0. The average Bonchev–Trinajstić information content (AvgIpc) is 2.79. The summed E-state index contributed by atoms with van der Waals surface area (Å²) in [7, 11) is 0. The Morgan fingerprint density at radius 2 is 1.19 bits per heavy atom. The Bertz CT molecular complexity index is 588. The Balaban J connectivity index is 2.32. The second kappa shape index (κ2) is 13.5. The van der Waals surface area contributed by atoms with E-state index in [0.29, 0.717) is 0 Å². The van der Waals surface area contributed by atoms with Crippen molar-refractivity contribution >= 4 is 0 Å². The van der Waals surface area contributed by atoms with Gasteiger partial charge in [-0.25, -0.2) is 0 Å². The van der Waals surface area contributed by atoms with Crippen LogP contribution in [0.2, 0.25) is 0 Å². The molecule has 11 heteroatoms. The van der Waals surface area contributed by atoms with Gasteiger partial charge in [0.1, 0.15) is 48.8 Å². The van der Waals surface area contributed by atoms with Crippen molar-refractivity contribution in [2.75, 3.05) is 33.0 Å². The highest BCUT2D eigenvalue weighted by atomic mass is 16.7. The molecule has 1 unspecified atom stereocenters. The molecule has 2 fully saturated rings. The van der Waals surface area contributed by atoms with Gasteiger partial charge in [-0.3, -0.25) is 0 Å². The molecular weight excluding hydrogens is 428 g/mol. The molecule has 184 valence electrons. The van der Waals surface area contributed by atoms with Crippen LogP contribution in [-0.2, 0) is 28.4 Å². The van der Waals surface area contributed by atoms with Gasteiger partial charge < -0.3 is 54.0 Å². The van der Waals surface area contributed by atoms with Crippen LogP contribution in [0.1, 0.15) is 0 Å². The van der Waals surface area contributed by atoms with E-state index in [0.717, 1.165) is 0 Å².